The van der Waals surface area contributed by atoms with Crippen LogP contribution in [0.3, 0.4) is 0 Å². The first-order valence-electron chi connectivity index (χ1n) is 12.0. The average Bonchev–Trinajstić information content (AvgIpc) is 2.84. The molecule has 196 valence electrons. The van der Waals surface area contributed by atoms with Crippen LogP contribution in [0.25, 0.3) is 0 Å². The van der Waals surface area contributed by atoms with Crippen molar-refractivity contribution in [1.29, 1.82) is 0 Å². The molecule has 0 spiro atoms. The minimum atomic E-state index is -1.13. The third-order valence-electron chi connectivity index (χ3n) is 5.80. The zero-order chi connectivity index (χ0) is 26.9. The number of nitrogens with one attached hydrogen (secondary N) is 3. The smallest absolute Gasteiger partial charge is 0.255 e. The second kappa shape index (κ2) is 12.9. The number of carbonyl (C=O) groups is 2. The van der Waals surface area contributed by atoms with E-state index < -0.39 is 29.7 Å². The van der Waals surface area contributed by atoms with Crippen molar-refractivity contribution in [1.82, 2.24) is 10.6 Å². The highest BCUT2D eigenvalue weighted by atomic mass is 19.1. The first-order valence-corrected chi connectivity index (χ1v) is 12.0. The summed E-state index contributed by atoms with van der Waals surface area (Å²) in [5.41, 5.74) is 2.63. The molecule has 0 heterocycles. The number of carbonyl (C=O) groups excluding carboxylic acids is 2. The molecule has 0 aliphatic rings. The molecule has 9 heteroatoms. The molecule has 7 nitrogen and oxygen atoms in total. The van der Waals surface area contributed by atoms with E-state index in [1.807, 2.05) is 18.2 Å². The number of aliphatic hydroxyl groups excluding tert-OH is 1. The molecule has 0 bridgehead atoms. The van der Waals surface area contributed by atoms with Crippen LogP contribution < -0.4 is 16.0 Å². The van der Waals surface area contributed by atoms with Gasteiger partial charge in [0.05, 0.1) is 17.7 Å². The van der Waals surface area contributed by atoms with Crippen molar-refractivity contribution < 1.29 is 28.6 Å². The van der Waals surface area contributed by atoms with Crippen LogP contribution in [-0.4, -0.2) is 40.7 Å². The number of halogens is 2. The lowest BCUT2D eigenvalue weighted by Gasteiger charge is -2.25. The lowest BCUT2D eigenvalue weighted by molar-refractivity contribution is -0.114. The zero-order valence-electron chi connectivity index (χ0n) is 20.7. The van der Waals surface area contributed by atoms with E-state index >= 15 is 0 Å². The number of phenols is 1. The first kappa shape index (κ1) is 27.8. The Kier molecular flexibility index (Phi) is 9.71. The molecule has 0 unspecified atom stereocenters. The van der Waals surface area contributed by atoms with Gasteiger partial charge >= 0.3 is 0 Å². The van der Waals surface area contributed by atoms with Crippen LogP contribution in [0.2, 0.25) is 0 Å². The molecule has 0 radical (unpaired) electrons. The number of hydrogen-bond acceptors (Lipinski definition) is 5. The first-order chi connectivity index (χ1) is 17.6. The van der Waals surface area contributed by atoms with Crippen LogP contribution >= 0.6 is 0 Å². The Balaban J connectivity index is 1.77. The third kappa shape index (κ3) is 8.37. The van der Waals surface area contributed by atoms with E-state index in [1.165, 1.54) is 30.7 Å². The monoisotopic (exact) mass is 511 g/mol. The van der Waals surface area contributed by atoms with E-state index in [2.05, 4.69) is 28.9 Å². The molecule has 0 fully saturated rings. The largest absolute Gasteiger partial charge is 0.507 e. The summed E-state index contributed by atoms with van der Waals surface area (Å²) in [6.07, 6.45) is -0.309. The number of rotatable bonds is 11. The van der Waals surface area contributed by atoms with Gasteiger partial charge in [0.2, 0.25) is 5.91 Å². The molecule has 0 aliphatic carbocycles. The molecule has 0 saturated heterocycles. The zero-order valence-corrected chi connectivity index (χ0v) is 20.7. The molecule has 2 atom stereocenters. The number of hydrogen-bond donors (Lipinski definition) is 5. The fourth-order valence-electron chi connectivity index (χ4n) is 3.98. The number of aliphatic hydroxyl groups is 1. The van der Waals surface area contributed by atoms with Crippen molar-refractivity contribution in [2.24, 2.45) is 0 Å². The quantitative estimate of drug-likeness (QED) is 0.252. The van der Waals surface area contributed by atoms with Gasteiger partial charge in [-0.25, -0.2) is 8.78 Å². The number of aryl methyl sites for hydroxylation is 1. The molecular weight excluding hydrogens is 480 g/mol. The van der Waals surface area contributed by atoms with Crippen molar-refractivity contribution in [3.8, 4) is 5.75 Å². The van der Waals surface area contributed by atoms with Gasteiger partial charge in [0.1, 0.15) is 17.4 Å². The summed E-state index contributed by atoms with van der Waals surface area (Å²) in [5, 5.41) is 29.5. The molecule has 3 aromatic rings. The van der Waals surface area contributed by atoms with E-state index in [0.717, 1.165) is 30.2 Å². The van der Waals surface area contributed by atoms with Gasteiger partial charge in [-0.05, 0) is 59.9 Å². The van der Waals surface area contributed by atoms with Crippen LogP contribution in [0, 0.1) is 11.6 Å². The number of amides is 2. The summed E-state index contributed by atoms with van der Waals surface area (Å²) in [4.78, 5) is 24.4. The van der Waals surface area contributed by atoms with Gasteiger partial charge in [0.25, 0.3) is 5.91 Å². The van der Waals surface area contributed by atoms with Gasteiger partial charge in [0, 0.05) is 31.8 Å². The third-order valence-corrected chi connectivity index (χ3v) is 5.80. The summed E-state index contributed by atoms with van der Waals surface area (Å²) < 4.78 is 27.6. The van der Waals surface area contributed by atoms with Gasteiger partial charge in [-0.2, -0.15) is 0 Å². The number of benzene rings is 3. The topological polar surface area (TPSA) is 111 Å². The lowest BCUT2D eigenvalue weighted by atomic mass is 9.99. The molecular formula is C28H31F2N3O4. The van der Waals surface area contributed by atoms with Gasteiger partial charge < -0.3 is 26.2 Å². The number of phenolic OH excluding ortho intramolecular Hbond substituents is 1. The highest BCUT2D eigenvalue weighted by Gasteiger charge is 2.24. The predicted octanol–water partition coefficient (Wildman–Crippen LogP) is 3.68. The predicted molar refractivity (Wildman–Crippen MR) is 137 cm³/mol. The summed E-state index contributed by atoms with van der Waals surface area (Å²) >= 11 is 0. The van der Waals surface area contributed by atoms with Crippen molar-refractivity contribution in [2.45, 2.75) is 45.4 Å². The maximum Gasteiger partial charge on any atom is 0.255 e. The molecule has 37 heavy (non-hydrogen) atoms. The second-order valence-corrected chi connectivity index (χ2v) is 8.85. The SMILES string of the molecule is CCc1cccc(CNC[C@@H](O)[C@@H](Cc2cc(F)cc(F)c2)NC(=O)c2cc(NC(C)=O)ccc2O)c1. The summed E-state index contributed by atoms with van der Waals surface area (Å²) in [5.74, 6) is -2.95. The number of aromatic hydroxyl groups is 1. The van der Waals surface area contributed by atoms with Gasteiger partial charge in [-0.1, -0.05) is 31.2 Å². The Morgan fingerprint density at radius 3 is 2.32 bits per heavy atom. The molecule has 3 aromatic carbocycles. The van der Waals surface area contributed by atoms with E-state index in [9.17, 15) is 28.6 Å². The van der Waals surface area contributed by atoms with E-state index in [0.29, 0.717) is 12.2 Å². The normalized spacial score (nSPS) is 12.6. The highest BCUT2D eigenvalue weighted by Crippen LogP contribution is 2.22. The Labute approximate surface area is 214 Å². The Morgan fingerprint density at radius 2 is 1.65 bits per heavy atom. The summed E-state index contributed by atoms with van der Waals surface area (Å²) in [7, 11) is 0. The van der Waals surface area contributed by atoms with Gasteiger partial charge in [-0.3, -0.25) is 9.59 Å². The molecule has 5 N–H and O–H groups in total. The van der Waals surface area contributed by atoms with E-state index in [4.69, 9.17) is 0 Å². The Hall–Kier alpha value is -3.82. The fraction of sp³-hybridized carbons (Fsp3) is 0.286. The highest BCUT2D eigenvalue weighted by molar-refractivity contribution is 5.99. The minimum Gasteiger partial charge on any atom is -0.507 e. The van der Waals surface area contributed by atoms with Crippen molar-refractivity contribution in [3.05, 3.63) is 94.6 Å². The van der Waals surface area contributed by atoms with Crippen molar-refractivity contribution in [2.75, 3.05) is 11.9 Å². The van der Waals surface area contributed by atoms with Crippen LogP contribution in [-0.2, 0) is 24.2 Å². The van der Waals surface area contributed by atoms with Gasteiger partial charge in [-0.15, -0.1) is 0 Å². The maximum absolute atomic E-state index is 13.8. The summed E-state index contributed by atoms with van der Waals surface area (Å²) in [6.45, 7) is 3.92. The van der Waals surface area contributed by atoms with E-state index in [1.54, 1.807) is 0 Å². The molecule has 0 saturated carbocycles. The molecule has 0 aliphatic heterocycles. The molecule has 2 amide bonds. The molecule has 0 aromatic heterocycles. The van der Waals surface area contributed by atoms with Crippen LogP contribution in [0.4, 0.5) is 14.5 Å². The lowest BCUT2D eigenvalue weighted by Crippen LogP contribution is -2.48. The average molecular weight is 512 g/mol. The minimum absolute atomic E-state index is 0.0687. The number of anilines is 1. The van der Waals surface area contributed by atoms with E-state index in [-0.39, 0.29) is 35.7 Å². The maximum atomic E-state index is 13.8. The Morgan fingerprint density at radius 1 is 0.946 bits per heavy atom. The van der Waals surface area contributed by atoms with Crippen LogP contribution in [0.1, 0.15) is 40.9 Å². The second-order valence-electron chi connectivity index (χ2n) is 8.85. The summed E-state index contributed by atoms with van der Waals surface area (Å²) in [6, 6.07) is 14.0. The van der Waals surface area contributed by atoms with Gasteiger partial charge in [0.15, 0.2) is 0 Å². The Bertz CT molecular complexity index is 1230. The molecule has 3 rings (SSSR count). The fourth-order valence-corrected chi connectivity index (χ4v) is 3.98. The standard InChI is InChI=1S/C28H31F2N3O4/c1-3-18-5-4-6-19(9-18)15-31-16-27(36)25(12-20-10-21(29)13-22(30)11-20)33-28(37)24-14-23(32-17(2)34)7-8-26(24)35/h4-11,13-14,25,27,31,35-36H,3,12,15-16H2,1-2H3,(H,32,34)(H,33,37)/t25-,27-/m1/s1. The van der Waals surface area contributed by atoms with Crippen molar-refractivity contribution >= 4 is 17.5 Å². The van der Waals surface area contributed by atoms with Crippen LogP contribution in [0.15, 0.2) is 60.7 Å². The van der Waals surface area contributed by atoms with Crippen molar-refractivity contribution in [3.63, 3.8) is 0 Å². The van der Waals surface area contributed by atoms with Crippen LogP contribution in [0.5, 0.6) is 5.75 Å².